The van der Waals surface area contributed by atoms with Crippen molar-refractivity contribution in [1.82, 2.24) is 0 Å². The summed E-state index contributed by atoms with van der Waals surface area (Å²) in [5.41, 5.74) is 0.484. The fraction of sp³-hybridized carbons (Fsp3) is 0.250. The molecule has 0 atom stereocenters. The standard InChI is InChI=1S/C11H12O4.CH2O2/c1-6(2)7-3-4-8(10(12)13)9(5-7)11(14)15;2-1-3/h3-6H,1-2H3,(H,12,13)(H,14,15);1H,(H,2,3). The number of carboxylic acids is 2. The fourth-order valence-corrected chi connectivity index (χ4v) is 1.28. The largest absolute Gasteiger partial charge is 0.483 e. The fourth-order valence-electron chi connectivity index (χ4n) is 1.28. The highest BCUT2D eigenvalue weighted by Crippen LogP contribution is 2.19. The van der Waals surface area contributed by atoms with Crippen molar-refractivity contribution >= 4 is 18.4 Å². The van der Waals surface area contributed by atoms with Crippen molar-refractivity contribution in [3.63, 3.8) is 0 Å². The Balaban J connectivity index is 0.000000873. The molecule has 0 aliphatic carbocycles. The molecular weight excluding hydrogens is 240 g/mol. The third kappa shape index (κ3) is 4.25. The van der Waals surface area contributed by atoms with Crippen LogP contribution in [0.1, 0.15) is 46.0 Å². The van der Waals surface area contributed by atoms with E-state index >= 15 is 0 Å². The zero-order valence-electron chi connectivity index (χ0n) is 9.95. The van der Waals surface area contributed by atoms with Crippen molar-refractivity contribution in [3.05, 3.63) is 34.9 Å². The van der Waals surface area contributed by atoms with Crippen molar-refractivity contribution in [2.24, 2.45) is 0 Å². The molecule has 18 heavy (non-hydrogen) atoms. The lowest BCUT2D eigenvalue weighted by Crippen LogP contribution is -2.08. The Hall–Kier alpha value is -2.37. The van der Waals surface area contributed by atoms with Crippen LogP contribution in [0.25, 0.3) is 0 Å². The Morgan fingerprint density at radius 2 is 1.56 bits per heavy atom. The van der Waals surface area contributed by atoms with Crippen LogP contribution in [-0.4, -0.2) is 33.7 Å². The molecule has 1 aromatic rings. The van der Waals surface area contributed by atoms with Gasteiger partial charge in [0.05, 0.1) is 11.1 Å². The number of benzene rings is 1. The van der Waals surface area contributed by atoms with E-state index in [4.69, 9.17) is 20.1 Å². The van der Waals surface area contributed by atoms with Crippen LogP contribution in [0, 0.1) is 0 Å². The summed E-state index contributed by atoms with van der Waals surface area (Å²) in [6, 6.07) is 4.39. The van der Waals surface area contributed by atoms with Gasteiger partial charge < -0.3 is 15.3 Å². The van der Waals surface area contributed by atoms with Crippen LogP contribution < -0.4 is 0 Å². The summed E-state index contributed by atoms with van der Waals surface area (Å²) in [5, 5.41) is 24.5. The van der Waals surface area contributed by atoms with Crippen LogP contribution in [0.2, 0.25) is 0 Å². The molecule has 6 nitrogen and oxygen atoms in total. The van der Waals surface area contributed by atoms with E-state index in [1.54, 1.807) is 6.07 Å². The molecule has 3 N–H and O–H groups in total. The minimum Gasteiger partial charge on any atom is -0.483 e. The lowest BCUT2D eigenvalue weighted by atomic mass is 9.97. The van der Waals surface area contributed by atoms with Gasteiger partial charge in [0.2, 0.25) is 0 Å². The van der Waals surface area contributed by atoms with E-state index in [2.05, 4.69) is 0 Å². The van der Waals surface area contributed by atoms with Crippen LogP contribution in [0.3, 0.4) is 0 Å². The maximum Gasteiger partial charge on any atom is 0.336 e. The molecular formula is C12H14O6. The van der Waals surface area contributed by atoms with Crippen molar-refractivity contribution in [3.8, 4) is 0 Å². The van der Waals surface area contributed by atoms with E-state index in [-0.39, 0.29) is 23.5 Å². The summed E-state index contributed by atoms with van der Waals surface area (Å²) in [4.78, 5) is 29.9. The molecule has 1 aromatic carbocycles. The number of carboxylic acid groups (broad SMARTS) is 3. The maximum atomic E-state index is 10.8. The highest BCUT2D eigenvalue weighted by atomic mass is 16.4. The van der Waals surface area contributed by atoms with Crippen molar-refractivity contribution in [1.29, 1.82) is 0 Å². The lowest BCUT2D eigenvalue weighted by Gasteiger charge is -2.08. The predicted molar refractivity (Wildman–Crippen MR) is 63.1 cm³/mol. The lowest BCUT2D eigenvalue weighted by molar-refractivity contribution is -0.122. The molecule has 0 aliphatic heterocycles. The van der Waals surface area contributed by atoms with E-state index in [1.807, 2.05) is 13.8 Å². The SMILES string of the molecule is CC(C)c1ccc(C(=O)O)c(C(=O)O)c1.O=CO. The molecule has 0 heterocycles. The molecule has 1 rings (SSSR count). The maximum absolute atomic E-state index is 10.8. The van der Waals surface area contributed by atoms with Gasteiger partial charge in [-0.25, -0.2) is 9.59 Å². The number of hydrogen-bond acceptors (Lipinski definition) is 3. The Morgan fingerprint density at radius 3 is 1.89 bits per heavy atom. The molecule has 0 unspecified atom stereocenters. The van der Waals surface area contributed by atoms with Gasteiger partial charge in [0, 0.05) is 0 Å². The summed E-state index contributed by atoms with van der Waals surface area (Å²) in [7, 11) is 0. The Bertz CT molecular complexity index is 450. The van der Waals surface area contributed by atoms with Gasteiger partial charge in [-0.05, 0) is 23.6 Å². The topological polar surface area (TPSA) is 112 Å². The van der Waals surface area contributed by atoms with E-state index in [0.29, 0.717) is 0 Å². The normalized spacial score (nSPS) is 9.28. The number of aromatic carboxylic acids is 2. The van der Waals surface area contributed by atoms with Gasteiger partial charge in [-0.2, -0.15) is 0 Å². The third-order valence-corrected chi connectivity index (χ3v) is 2.17. The number of carbonyl (C=O) groups is 3. The first-order valence-corrected chi connectivity index (χ1v) is 5.03. The van der Waals surface area contributed by atoms with Gasteiger partial charge in [0.15, 0.2) is 0 Å². The van der Waals surface area contributed by atoms with E-state index in [9.17, 15) is 9.59 Å². The smallest absolute Gasteiger partial charge is 0.336 e. The van der Waals surface area contributed by atoms with Gasteiger partial charge in [-0.3, -0.25) is 4.79 Å². The molecule has 0 radical (unpaired) electrons. The molecule has 6 heteroatoms. The minimum atomic E-state index is -1.22. The van der Waals surface area contributed by atoms with Crippen molar-refractivity contribution in [2.45, 2.75) is 19.8 Å². The average Bonchev–Trinajstić information content (AvgIpc) is 2.28. The van der Waals surface area contributed by atoms with Gasteiger partial charge in [0.25, 0.3) is 6.47 Å². The summed E-state index contributed by atoms with van der Waals surface area (Å²) in [6.45, 7) is 3.59. The second-order valence-corrected chi connectivity index (χ2v) is 3.68. The third-order valence-electron chi connectivity index (χ3n) is 2.17. The van der Waals surface area contributed by atoms with Gasteiger partial charge >= 0.3 is 11.9 Å². The van der Waals surface area contributed by atoms with Crippen LogP contribution in [0.15, 0.2) is 18.2 Å². The number of rotatable bonds is 3. The summed E-state index contributed by atoms with van der Waals surface area (Å²) in [5.74, 6) is -2.26. The molecule has 0 aromatic heterocycles. The van der Waals surface area contributed by atoms with E-state index in [1.165, 1.54) is 12.1 Å². The second-order valence-electron chi connectivity index (χ2n) is 3.68. The minimum absolute atomic E-state index is 0.159. The van der Waals surface area contributed by atoms with Gasteiger partial charge in [0.1, 0.15) is 0 Å². The van der Waals surface area contributed by atoms with Gasteiger partial charge in [-0.15, -0.1) is 0 Å². The highest BCUT2D eigenvalue weighted by Gasteiger charge is 2.16. The van der Waals surface area contributed by atoms with Crippen LogP contribution in [-0.2, 0) is 4.79 Å². The quantitative estimate of drug-likeness (QED) is 0.710. The highest BCUT2D eigenvalue weighted by molar-refractivity contribution is 6.01. The first-order valence-electron chi connectivity index (χ1n) is 5.03. The van der Waals surface area contributed by atoms with Crippen LogP contribution in [0.4, 0.5) is 0 Å². The summed E-state index contributed by atoms with van der Waals surface area (Å²) < 4.78 is 0. The molecule has 0 aliphatic rings. The zero-order valence-corrected chi connectivity index (χ0v) is 9.95. The zero-order chi connectivity index (χ0) is 14.3. The molecule has 0 spiro atoms. The Morgan fingerprint density at radius 1 is 1.11 bits per heavy atom. The predicted octanol–water partition coefficient (Wildman–Crippen LogP) is 1.91. The molecule has 0 bridgehead atoms. The van der Waals surface area contributed by atoms with Gasteiger partial charge in [-0.1, -0.05) is 19.9 Å². The first-order chi connectivity index (χ1) is 8.34. The number of hydrogen-bond donors (Lipinski definition) is 3. The summed E-state index contributed by atoms with van der Waals surface area (Å²) in [6.07, 6.45) is 0. The summed E-state index contributed by atoms with van der Waals surface area (Å²) >= 11 is 0. The monoisotopic (exact) mass is 254 g/mol. The Kier molecular flexibility index (Phi) is 6.12. The molecule has 0 fully saturated rings. The molecule has 0 amide bonds. The average molecular weight is 254 g/mol. The molecule has 0 saturated carbocycles. The van der Waals surface area contributed by atoms with E-state index in [0.717, 1.165) is 5.56 Å². The van der Waals surface area contributed by atoms with Crippen LogP contribution in [0.5, 0.6) is 0 Å². The van der Waals surface area contributed by atoms with Crippen molar-refractivity contribution in [2.75, 3.05) is 0 Å². The Labute approximate surface area is 103 Å². The first kappa shape index (κ1) is 15.6. The van der Waals surface area contributed by atoms with E-state index < -0.39 is 11.9 Å². The molecule has 0 saturated heterocycles. The van der Waals surface area contributed by atoms with Crippen molar-refractivity contribution < 1.29 is 29.7 Å². The second kappa shape index (κ2) is 7.05. The molecule has 98 valence electrons. The van der Waals surface area contributed by atoms with Crippen LogP contribution >= 0.6 is 0 Å².